The van der Waals surface area contributed by atoms with Crippen LogP contribution in [0, 0.1) is 0 Å². The number of hydrogen-bond donors (Lipinski definition) is 0. The average Bonchev–Trinajstić information content (AvgIpc) is 2.48. The van der Waals surface area contributed by atoms with Gasteiger partial charge in [-0.2, -0.15) is 0 Å². The molecule has 78 valence electrons. The molecule has 0 unspecified atom stereocenters. The topological polar surface area (TPSA) is 21.6 Å². The molecule has 1 heterocycles. The minimum Gasteiger partial charge on any atom is -0.454 e. The van der Waals surface area contributed by atoms with Crippen molar-refractivity contribution in [3.63, 3.8) is 0 Å². The Morgan fingerprint density at radius 1 is 0.938 bits per heavy atom. The van der Waals surface area contributed by atoms with Gasteiger partial charge in [0, 0.05) is 6.21 Å². The first-order chi connectivity index (χ1) is 7.84. The first-order valence-electron chi connectivity index (χ1n) is 4.94. The SMILES string of the molecule is Clc1cccc2c1C=Nc1ccccc1O2. The van der Waals surface area contributed by atoms with Crippen molar-refractivity contribution in [1.82, 2.24) is 0 Å². The summed E-state index contributed by atoms with van der Waals surface area (Å²) in [4.78, 5) is 4.35. The standard InChI is InChI=1S/C13H8ClNO/c14-10-4-3-7-12-9(10)8-15-11-5-1-2-6-13(11)16-12/h1-8H. The van der Waals surface area contributed by atoms with E-state index in [0.29, 0.717) is 5.02 Å². The molecule has 1 aliphatic heterocycles. The summed E-state index contributed by atoms with van der Waals surface area (Å²) in [5.41, 5.74) is 1.63. The highest BCUT2D eigenvalue weighted by atomic mass is 35.5. The van der Waals surface area contributed by atoms with Crippen LogP contribution in [-0.2, 0) is 0 Å². The number of hydrogen-bond acceptors (Lipinski definition) is 2. The largest absolute Gasteiger partial charge is 0.454 e. The zero-order valence-corrected chi connectivity index (χ0v) is 9.11. The molecule has 0 amide bonds. The van der Waals surface area contributed by atoms with E-state index in [0.717, 1.165) is 22.7 Å². The smallest absolute Gasteiger partial charge is 0.153 e. The van der Waals surface area contributed by atoms with E-state index in [1.54, 1.807) is 6.21 Å². The highest BCUT2D eigenvalue weighted by molar-refractivity contribution is 6.33. The van der Waals surface area contributed by atoms with Crippen LogP contribution >= 0.6 is 11.6 Å². The van der Waals surface area contributed by atoms with Gasteiger partial charge < -0.3 is 4.74 Å². The van der Waals surface area contributed by atoms with Crippen LogP contribution in [0.5, 0.6) is 11.5 Å². The number of para-hydroxylation sites is 2. The van der Waals surface area contributed by atoms with Crippen LogP contribution < -0.4 is 4.74 Å². The molecule has 0 spiro atoms. The quantitative estimate of drug-likeness (QED) is 0.566. The van der Waals surface area contributed by atoms with E-state index in [4.69, 9.17) is 16.3 Å². The van der Waals surface area contributed by atoms with Gasteiger partial charge in [-0.3, -0.25) is 4.99 Å². The number of ether oxygens (including phenoxy) is 1. The zero-order valence-electron chi connectivity index (χ0n) is 8.35. The van der Waals surface area contributed by atoms with Crippen LogP contribution in [0.15, 0.2) is 47.5 Å². The Labute approximate surface area is 98.2 Å². The van der Waals surface area contributed by atoms with Crippen LogP contribution in [-0.4, -0.2) is 6.21 Å². The number of fused-ring (bicyclic) bond motifs is 2. The number of nitrogens with zero attached hydrogens (tertiary/aromatic N) is 1. The van der Waals surface area contributed by atoms with Gasteiger partial charge in [0.25, 0.3) is 0 Å². The van der Waals surface area contributed by atoms with Gasteiger partial charge in [-0.15, -0.1) is 0 Å². The van der Waals surface area contributed by atoms with Gasteiger partial charge in [0.2, 0.25) is 0 Å². The zero-order chi connectivity index (χ0) is 11.0. The molecule has 2 aromatic carbocycles. The average molecular weight is 230 g/mol. The predicted octanol–water partition coefficient (Wildman–Crippen LogP) is 4.20. The summed E-state index contributed by atoms with van der Waals surface area (Å²) in [5.74, 6) is 1.49. The van der Waals surface area contributed by atoms with Crippen LogP contribution in [0.4, 0.5) is 5.69 Å². The van der Waals surface area contributed by atoms with Crippen LogP contribution in [0.2, 0.25) is 5.02 Å². The van der Waals surface area contributed by atoms with Crippen molar-refractivity contribution in [3.8, 4) is 11.5 Å². The fraction of sp³-hybridized carbons (Fsp3) is 0. The van der Waals surface area contributed by atoms with E-state index in [1.165, 1.54) is 0 Å². The first-order valence-corrected chi connectivity index (χ1v) is 5.32. The van der Waals surface area contributed by atoms with Gasteiger partial charge in [-0.1, -0.05) is 29.8 Å². The van der Waals surface area contributed by atoms with E-state index in [1.807, 2.05) is 42.5 Å². The van der Waals surface area contributed by atoms with Gasteiger partial charge in [0.1, 0.15) is 11.4 Å². The summed E-state index contributed by atoms with van der Waals surface area (Å²) in [6.45, 7) is 0. The summed E-state index contributed by atoms with van der Waals surface area (Å²) in [5, 5.41) is 0.647. The maximum Gasteiger partial charge on any atom is 0.153 e. The molecule has 2 aromatic rings. The van der Waals surface area contributed by atoms with Gasteiger partial charge in [0.05, 0.1) is 10.6 Å². The van der Waals surface area contributed by atoms with Gasteiger partial charge >= 0.3 is 0 Å². The summed E-state index contributed by atoms with van der Waals surface area (Å²) in [6, 6.07) is 13.2. The monoisotopic (exact) mass is 229 g/mol. The highest BCUT2D eigenvalue weighted by Crippen LogP contribution is 2.37. The van der Waals surface area contributed by atoms with Crippen LogP contribution in [0.3, 0.4) is 0 Å². The molecule has 16 heavy (non-hydrogen) atoms. The van der Waals surface area contributed by atoms with Crippen molar-refractivity contribution in [3.05, 3.63) is 53.1 Å². The number of halogens is 1. The van der Waals surface area contributed by atoms with E-state index >= 15 is 0 Å². The lowest BCUT2D eigenvalue weighted by Crippen LogP contribution is -1.88. The van der Waals surface area contributed by atoms with Gasteiger partial charge in [0.15, 0.2) is 5.75 Å². The van der Waals surface area contributed by atoms with Gasteiger partial charge in [-0.05, 0) is 24.3 Å². The van der Waals surface area contributed by atoms with E-state index < -0.39 is 0 Å². The maximum absolute atomic E-state index is 6.09. The lowest BCUT2D eigenvalue weighted by Gasteiger charge is -2.07. The molecule has 0 fully saturated rings. The Morgan fingerprint density at radius 2 is 1.75 bits per heavy atom. The third-order valence-corrected chi connectivity index (χ3v) is 2.76. The molecule has 0 saturated carbocycles. The van der Waals surface area contributed by atoms with Crippen LogP contribution in [0.25, 0.3) is 0 Å². The Bertz CT molecular complexity index is 578. The van der Waals surface area contributed by atoms with Gasteiger partial charge in [-0.25, -0.2) is 0 Å². The fourth-order valence-corrected chi connectivity index (χ4v) is 1.85. The molecular formula is C13H8ClNO. The number of benzene rings is 2. The minimum atomic E-state index is 0.647. The minimum absolute atomic E-state index is 0.647. The molecule has 0 aliphatic carbocycles. The molecule has 0 radical (unpaired) electrons. The third kappa shape index (κ3) is 1.48. The maximum atomic E-state index is 6.09. The Hall–Kier alpha value is -1.80. The molecule has 0 aromatic heterocycles. The lowest BCUT2D eigenvalue weighted by molar-refractivity contribution is 0.485. The van der Waals surface area contributed by atoms with Crippen molar-refractivity contribution in [2.24, 2.45) is 4.99 Å². The Balaban J connectivity index is 2.21. The van der Waals surface area contributed by atoms with Crippen molar-refractivity contribution in [2.75, 3.05) is 0 Å². The first kappa shape index (κ1) is 9.43. The predicted molar refractivity (Wildman–Crippen MR) is 65.2 cm³/mol. The summed E-state index contributed by atoms with van der Waals surface area (Å²) >= 11 is 6.09. The second-order valence-corrected chi connectivity index (χ2v) is 3.89. The third-order valence-electron chi connectivity index (χ3n) is 2.43. The summed E-state index contributed by atoms with van der Waals surface area (Å²) in [6.07, 6.45) is 1.74. The lowest BCUT2D eigenvalue weighted by atomic mass is 10.2. The van der Waals surface area contributed by atoms with Crippen molar-refractivity contribution < 1.29 is 4.74 Å². The van der Waals surface area contributed by atoms with E-state index in [2.05, 4.69) is 4.99 Å². The van der Waals surface area contributed by atoms with Crippen molar-refractivity contribution >= 4 is 23.5 Å². The van der Waals surface area contributed by atoms with E-state index in [-0.39, 0.29) is 0 Å². The van der Waals surface area contributed by atoms with Crippen molar-refractivity contribution in [2.45, 2.75) is 0 Å². The molecule has 3 heteroatoms. The molecule has 0 atom stereocenters. The molecule has 0 bridgehead atoms. The highest BCUT2D eigenvalue weighted by Gasteiger charge is 2.12. The summed E-state index contributed by atoms with van der Waals surface area (Å²) < 4.78 is 5.77. The molecular weight excluding hydrogens is 222 g/mol. The number of rotatable bonds is 0. The van der Waals surface area contributed by atoms with Crippen LogP contribution in [0.1, 0.15) is 5.56 Å². The molecule has 1 aliphatic rings. The summed E-state index contributed by atoms with van der Waals surface area (Å²) in [7, 11) is 0. The number of aliphatic imine (C=N–C) groups is 1. The molecule has 0 N–H and O–H groups in total. The molecule has 2 nitrogen and oxygen atoms in total. The second kappa shape index (κ2) is 3.65. The molecule has 0 saturated heterocycles. The molecule has 3 rings (SSSR count). The van der Waals surface area contributed by atoms with E-state index in [9.17, 15) is 0 Å². The Morgan fingerprint density at radius 3 is 2.69 bits per heavy atom. The fourth-order valence-electron chi connectivity index (χ4n) is 1.63. The second-order valence-electron chi connectivity index (χ2n) is 3.48. The van der Waals surface area contributed by atoms with Crippen molar-refractivity contribution in [1.29, 1.82) is 0 Å². The Kier molecular flexibility index (Phi) is 2.15. The normalized spacial score (nSPS) is 12.3.